The van der Waals surface area contributed by atoms with Gasteiger partial charge in [-0.15, -0.1) is 0 Å². The third-order valence-electron chi connectivity index (χ3n) is 6.22. The first kappa shape index (κ1) is 29.7. The molecule has 0 atom stereocenters. The zero-order valence-corrected chi connectivity index (χ0v) is 24.6. The summed E-state index contributed by atoms with van der Waals surface area (Å²) >= 11 is 0. The van der Waals surface area contributed by atoms with E-state index in [0.717, 1.165) is 28.1 Å². The summed E-state index contributed by atoms with van der Waals surface area (Å²) in [6, 6.07) is 20.7. The van der Waals surface area contributed by atoms with Gasteiger partial charge in [-0.3, -0.25) is 9.97 Å². The number of aryl methyl sites for hydroxylation is 1. The van der Waals surface area contributed by atoms with Crippen LogP contribution in [0.4, 0.5) is 23.1 Å². The number of hydrogen-bond donors (Lipinski definition) is 4. The first-order chi connectivity index (χ1) is 20.7. The van der Waals surface area contributed by atoms with Gasteiger partial charge in [0.15, 0.2) is 0 Å². The Morgan fingerprint density at radius 3 is 1.58 bits per heavy atom. The van der Waals surface area contributed by atoms with Crippen LogP contribution >= 0.6 is 0 Å². The third-order valence-corrected chi connectivity index (χ3v) is 8.99. The fourth-order valence-corrected chi connectivity index (χ4v) is 5.80. The van der Waals surface area contributed by atoms with Gasteiger partial charge in [0.05, 0.1) is 0 Å². The number of benzene rings is 2. The fraction of sp³-hybridized carbons (Fsp3) is 0.103. The molecule has 0 saturated carbocycles. The van der Waals surface area contributed by atoms with E-state index in [1.165, 1.54) is 36.9 Å². The molecule has 43 heavy (non-hydrogen) atoms. The molecule has 220 valence electrons. The molecule has 0 bridgehead atoms. The van der Waals surface area contributed by atoms with Crippen molar-refractivity contribution in [1.29, 1.82) is 0 Å². The Morgan fingerprint density at radius 1 is 0.628 bits per heavy atom. The lowest BCUT2D eigenvalue weighted by Crippen LogP contribution is -2.23. The van der Waals surface area contributed by atoms with E-state index >= 15 is 0 Å². The van der Waals surface area contributed by atoms with Crippen LogP contribution in [0, 0.1) is 6.92 Å². The summed E-state index contributed by atoms with van der Waals surface area (Å²) in [5, 5.41) is 6.43. The zero-order chi connectivity index (χ0) is 30.3. The van der Waals surface area contributed by atoms with Crippen molar-refractivity contribution in [1.82, 2.24) is 29.4 Å². The molecule has 5 aromatic rings. The van der Waals surface area contributed by atoms with Gasteiger partial charge in [-0.25, -0.2) is 31.3 Å². The minimum absolute atomic E-state index is 0.106. The van der Waals surface area contributed by atoms with Crippen LogP contribution in [-0.2, 0) is 33.1 Å². The van der Waals surface area contributed by atoms with Gasteiger partial charge in [0.25, 0.3) is 0 Å². The van der Waals surface area contributed by atoms with Crippen molar-refractivity contribution in [2.24, 2.45) is 0 Å². The maximum atomic E-state index is 12.4. The highest BCUT2D eigenvalue weighted by atomic mass is 32.2. The average molecular weight is 617 g/mol. The van der Waals surface area contributed by atoms with Crippen molar-refractivity contribution in [2.45, 2.75) is 29.8 Å². The largest absolute Gasteiger partial charge is 0.340 e. The van der Waals surface area contributed by atoms with E-state index in [9.17, 15) is 16.8 Å². The maximum absolute atomic E-state index is 12.4. The van der Waals surface area contributed by atoms with Crippen molar-refractivity contribution in [3.05, 3.63) is 120 Å². The molecule has 0 amide bonds. The molecular formula is C29H28N8O4S2. The van der Waals surface area contributed by atoms with Crippen LogP contribution < -0.4 is 20.1 Å². The molecular weight excluding hydrogens is 589 g/mol. The predicted octanol–water partition coefficient (Wildman–Crippen LogP) is 4.02. The van der Waals surface area contributed by atoms with Gasteiger partial charge in [-0.05, 0) is 66.6 Å². The zero-order valence-electron chi connectivity index (χ0n) is 23.0. The number of nitrogens with one attached hydrogen (secondary N) is 4. The molecule has 3 heterocycles. The molecule has 0 spiro atoms. The topological polar surface area (TPSA) is 168 Å². The Bertz CT molecular complexity index is 1890. The van der Waals surface area contributed by atoms with Gasteiger partial charge in [-0.1, -0.05) is 24.3 Å². The molecule has 5 rings (SSSR count). The molecule has 0 aliphatic carbocycles. The standard InChI is InChI=1S/C29H28N8O4S2/c1-21-16-32-29(36-25-12-8-23(9-13-25)18-34-43(40,41)27-5-3-15-31-20-27)37-28(21)35-24-10-6-22(7-11-24)17-33-42(38,39)26-4-2-14-30-19-26/h2-16,19-20,33-34H,17-18H2,1H3,(H2,32,35,36,37). The van der Waals surface area contributed by atoms with E-state index in [1.54, 1.807) is 30.5 Å². The third kappa shape index (κ3) is 7.96. The molecule has 0 aliphatic rings. The van der Waals surface area contributed by atoms with Crippen LogP contribution in [-0.4, -0.2) is 36.8 Å². The van der Waals surface area contributed by atoms with Crippen molar-refractivity contribution in [3.8, 4) is 0 Å². The second kappa shape index (κ2) is 13.0. The molecule has 0 unspecified atom stereocenters. The predicted molar refractivity (Wildman–Crippen MR) is 163 cm³/mol. The molecule has 0 saturated heterocycles. The van der Waals surface area contributed by atoms with Crippen LogP contribution in [0.15, 0.2) is 114 Å². The molecule has 3 aromatic heterocycles. The summed E-state index contributed by atoms with van der Waals surface area (Å²) in [6.45, 7) is 2.14. The summed E-state index contributed by atoms with van der Waals surface area (Å²) in [6.07, 6.45) is 7.33. The Hall–Kier alpha value is -4.76. The van der Waals surface area contributed by atoms with Crippen molar-refractivity contribution >= 4 is 43.2 Å². The summed E-state index contributed by atoms with van der Waals surface area (Å²) in [5.41, 5.74) is 3.89. The maximum Gasteiger partial charge on any atom is 0.242 e. The highest BCUT2D eigenvalue weighted by Crippen LogP contribution is 2.22. The monoisotopic (exact) mass is 616 g/mol. The van der Waals surface area contributed by atoms with Crippen molar-refractivity contribution in [3.63, 3.8) is 0 Å². The Balaban J connectivity index is 1.17. The second-order valence-electron chi connectivity index (χ2n) is 9.40. The van der Waals surface area contributed by atoms with Gasteiger partial charge in [0.1, 0.15) is 15.6 Å². The average Bonchev–Trinajstić information content (AvgIpc) is 3.03. The molecule has 0 radical (unpaired) electrons. The molecule has 4 N–H and O–H groups in total. The summed E-state index contributed by atoms with van der Waals surface area (Å²) in [5.74, 6) is 0.975. The van der Waals surface area contributed by atoms with Crippen molar-refractivity contribution < 1.29 is 16.8 Å². The highest BCUT2D eigenvalue weighted by Gasteiger charge is 2.14. The van der Waals surface area contributed by atoms with E-state index in [0.29, 0.717) is 11.8 Å². The van der Waals surface area contributed by atoms with E-state index in [1.807, 2.05) is 43.3 Å². The SMILES string of the molecule is Cc1cnc(Nc2ccc(CNS(=O)(=O)c3cccnc3)cc2)nc1Nc1ccc(CNS(=O)(=O)c2cccnc2)cc1. The number of aromatic nitrogens is 4. The Labute approximate surface area is 249 Å². The van der Waals surface area contributed by atoms with E-state index in [2.05, 4.69) is 40.0 Å². The van der Waals surface area contributed by atoms with Crippen LogP contribution in [0.25, 0.3) is 0 Å². The molecule has 2 aromatic carbocycles. The smallest absolute Gasteiger partial charge is 0.242 e. The highest BCUT2D eigenvalue weighted by molar-refractivity contribution is 7.89. The minimum atomic E-state index is -3.66. The van der Waals surface area contributed by atoms with Gasteiger partial charge in [0, 0.05) is 61.0 Å². The van der Waals surface area contributed by atoms with Crippen LogP contribution in [0.5, 0.6) is 0 Å². The number of nitrogens with zero attached hydrogens (tertiary/aromatic N) is 4. The van der Waals surface area contributed by atoms with Crippen LogP contribution in [0.1, 0.15) is 16.7 Å². The van der Waals surface area contributed by atoms with Crippen LogP contribution in [0.3, 0.4) is 0 Å². The van der Waals surface area contributed by atoms with Gasteiger partial charge in [0.2, 0.25) is 26.0 Å². The summed E-state index contributed by atoms with van der Waals surface area (Å²) in [4.78, 5) is 16.9. The number of rotatable bonds is 12. The lowest BCUT2D eigenvalue weighted by Gasteiger charge is -2.12. The number of sulfonamides is 2. The summed E-state index contributed by atoms with van der Waals surface area (Å²) < 4.78 is 54.9. The van der Waals surface area contributed by atoms with E-state index in [4.69, 9.17) is 0 Å². The molecule has 14 heteroatoms. The van der Waals surface area contributed by atoms with E-state index in [-0.39, 0.29) is 22.9 Å². The van der Waals surface area contributed by atoms with Gasteiger partial charge in [-0.2, -0.15) is 4.98 Å². The molecule has 0 aliphatic heterocycles. The lowest BCUT2D eigenvalue weighted by atomic mass is 10.2. The second-order valence-corrected chi connectivity index (χ2v) is 12.9. The first-order valence-corrected chi connectivity index (χ1v) is 16.0. The van der Waals surface area contributed by atoms with Gasteiger partial charge < -0.3 is 10.6 Å². The number of anilines is 4. The van der Waals surface area contributed by atoms with Crippen molar-refractivity contribution in [2.75, 3.05) is 10.6 Å². The number of pyridine rings is 2. The molecule has 0 fully saturated rings. The van der Waals surface area contributed by atoms with E-state index < -0.39 is 20.0 Å². The quantitative estimate of drug-likeness (QED) is 0.161. The number of hydrogen-bond acceptors (Lipinski definition) is 10. The molecule has 12 nitrogen and oxygen atoms in total. The normalized spacial score (nSPS) is 11.7. The van der Waals surface area contributed by atoms with Crippen LogP contribution in [0.2, 0.25) is 0 Å². The first-order valence-electron chi connectivity index (χ1n) is 13.0. The Morgan fingerprint density at radius 2 is 1.12 bits per heavy atom. The van der Waals surface area contributed by atoms with Gasteiger partial charge >= 0.3 is 0 Å². The lowest BCUT2D eigenvalue weighted by molar-refractivity contribution is 0.579. The fourth-order valence-electron chi connectivity index (χ4n) is 3.84. The Kier molecular flexibility index (Phi) is 9.01. The summed E-state index contributed by atoms with van der Waals surface area (Å²) in [7, 11) is -7.32. The minimum Gasteiger partial charge on any atom is -0.340 e.